The first-order valence-corrected chi connectivity index (χ1v) is 9.10. The van der Waals surface area contributed by atoms with Crippen LogP contribution in [-0.4, -0.2) is 24.5 Å². The minimum absolute atomic E-state index is 0.0743. The number of hydrogen-bond acceptors (Lipinski definition) is 5. The molecule has 144 valence electrons. The fraction of sp³-hybridized carbons (Fsp3) is 0.238. The molecule has 1 unspecified atom stereocenters. The molecule has 2 aromatic carbocycles. The monoisotopic (exact) mass is 380 g/mol. The van der Waals surface area contributed by atoms with Crippen molar-refractivity contribution in [1.82, 2.24) is 10.9 Å². The third kappa shape index (κ3) is 3.64. The Bertz CT molecular complexity index is 1030. The van der Waals surface area contributed by atoms with E-state index >= 15 is 0 Å². The van der Waals surface area contributed by atoms with Gasteiger partial charge in [0.05, 0.1) is 12.7 Å². The summed E-state index contributed by atoms with van der Waals surface area (Å²) in [6.07, 6.45) is 1.73. The van der Waals surface area contributed by atoms with E-state index in [2.05, 4.69) is 17.8 Å². The van der Waals surface area contributed by atoms with Crippen LogP contribution in [-0.2, 0) is 22.4 Å². The lowest BCUT2D eigenvalue weighted by Gasteiger charge is -2.25. The van der Waals surface area contributed by atoms with Crippen LogP contribution in [0.2, 0.25) is 0 Å². The van der Waals surface area contributed by atoms with Gasteiger partial charge in [0.2, 0.25) is 12.0 Å². The predicted octanol–water partition coefficient (Wildman–Crippen LogP) is 2.53. The molecule has 1 aliphatic heterocycles. The average molecular weight is 380 g/mol. The van der Waals surface area contributed by atoms with Gasteiger partial charge in [-0.3, -0.25) is 20.4 Å². The lowest BCUT2D eigenvalue weighted by Crippen LogP contribution is -2.51. The highest BCUT2D eigenvalue weighted by Gasteiger charge is 2.27. The number of nitrogens with one attached hydrogen (secondary N) is 2. The quantitative estimate of drug-likeness (QED) is 0.679. The van der Waals surface area contributed by atoms with Gasteiger partial charge in [0.15, 0.2) is 11.5 Å². The van der Waals surface area contributed by atoms with Crippen molar-refractivity contribution in [2.45, 2.75) is 25.9 Å². The molecule has 2 N–H and O–H groups in total. The van der Waals surface area contributed by atoms with Gasteiger partial charge in [0.1, 0.15) is 12.2 Å². The lowest BCUT2D eigenvalue weighted by atomic mass is 10.1. The standard InChI is InChI=1S/C21H20N2O5/c1-2-13-7-8-15-14(11-26-18(15)9-13)10-20(24)22-23-21(25)19-12-27-16-5-3-4-6-17(16)28-19/h3-9,11,19H,2,10,12H2,1H3,(H,22,24)(H,23,25). The third-order valence-corrected chi connectivity index (χ3v) is 4.61. The number of hydrazine groups is 1. The minimum atomic E-state index is -0.836. The molecule has 2 heterocycles. The van der Waals surface area contributed by atoms with Crippen LogP contribution in [0.4, 0.5) is 0 Å². The molecular formula is C21H20N2O5. The summed E-state index contributed by atoms with van der Waals surface area (Å²) in [5.41, 5.74) is 7.48. The molecule has 7 heteroatoms. The molecule has 28 heavy (non-hydrogen) atoms. The SMILES string of the molecule is CCc1ccc2c(CC(=O)NNC(=O)C3COc4ccccc4O3)coc2c1. The molecule has 1 aromatic heterocycles. The second-order valence-corrected chi connectivity index (χ2v) is 6.52. The normalized spacial score (nSPS) is 15.2. The second-order valence-electron chi connectivity index (χ2n) is 6.52. The largest absolute Gasteiger partial charge is 0.485 e. The first-order valence-electron chi connectivity index (χ1n) is 9.10. The highest BCUT2D eigenvalue weighted by molar-refractivity contribution is 5.89. The molecule has 0 saturated heterocycles. The number of fused-ring (bicyclic) bond motifs is 2. The molecule has 3 aromatic rings. The van der Waals surface area contributed by atoms with E-state index in [-0.39, 0.29) is 18.9 Å². The van der Waals surface area contributed by atoms with Crippen molar-refractivity contribution in [2.24, 2.45) is 0 Å². The van der Waals surface area contributed by atoms with Crippen molar-refractivity contribution in [3.05, 3.63) is 59.9 Å². The number of ether oxygens (including phenoxy) is 2. The van der Waals surface area contributed by atoms with Crippen molar-refractivity contribution >= 4 is 22.8 Å². The number of carbonyl (C=O) groups is 2. The van der Waals surface area contributed by atoms with Crippen molar-refractivity contribution in [2.75, 3.05) is 6.61 Å². The molecule has 2 amide bonds. The molecule has 0 saturated carbocycles. The first kappa shape index (κ1) is 17.9. The van der Waals surface area contributed by atoms with E-state index in [0.29, 0.717) is 11.5 Å². The van der Waals surface area contributed by atoms with Gasteiger partial charge >= 0.3 is 0 Å². The van der Waals surface area contributed by atoms with Gasteiger partial charge in [-0.2, -0.15) is 0 Å². The van der Waals surface area contributed by atoms with Gasteiger partial charge in [0, 0.05) is 10.9 Å². The van der Waals surface area contributed by atoms with E-state index in [0.717, 1.165) is 23.0 Å². The molecular weight excluding hydrogens is 360 g/mol. The number of aryl methyl sites for hydroxylation is 1. The van der Waals surface area contributed by atoms with Crippen LogP contribution >= 0.6 is 0 Å². The summed E-state index contributed by atoms with van der Waals surface area (Å²) in [7, 11) is 0. The van der Waals surface area contributed by atoms with E-state index in [4.69, 9.17) is 13.9 Å². The number of hydrogen-bond donors (Lipinski definition) is 2. The fourth-order valence-corrected chi connectivity index (χ4v) is 3.06. The second kappa shape index (κ2) is 7.64. The van der Waals surface area contributed by atoms with Crippen LogP contribution in [0.1, 0.15) is 18.1 Å². The van der Waals surface area contributed by atoms with Crippen molar-refractivity contribution in [3.8, 4) is 11.5 Å². The van der Waals surface area contributed by atoms with Crippen LogP contribution in [0.3, 0.4) is 0 Å². The number of rotatable bonds is 4. The summed E-state index contributed by atoms with van der Waals surface area (Å²) in [5.74, 6) is 0.255. The van der Waals surface area contributed by atoms with Gasteiger partial charge in [-0.05, 0) is 30.2 Å². The number of amides is 2. The van der Waals surface area contributed by atoms with Crippen LogP contribution in [0, 0.1) is 0 Å². The maximum absolute atomic E-state index is 12.2. The summed E-state index contributed by atoms with van der Waals surface area (Å²) < 4.78 is 16.7. The Balaban J connectivity index is 1.33. The summed E-state index contributed by atoms with van der Waals surface area (Å²) in [4.78, 5) is 24.5. The smallest absolute Gasteiger partial charge is 0.283 e. The van der Waals surface area contributed by atoms with Crippen LogP contribution in [0.5, 0.6) is 11.5 Å². The zero-order valence-corrected chi connectivity index (χ0v) is 15.4. The molecule has 0 fully saturated rings. The molecule has 1 atom stereocenters. The van der Waals surface area contributed by atoms with E-state index < -0.39 is 12.0 Å². The van der Waals surface area contributed by atoms with Crippen LogP contribution in [0.25, 0.3) is 11.0 Å². The predicted molar refractivity (Wildman–Crippen MR) is 102 cm³/mol. The Hall–Kier alpha value is -3.48. The highest BCUT2D eigenvalue weighted by atomic mass is 16.6. The molecule has 7 nitrogen and oxygen atoms in total. The Morgan fingerprint density at radius 2 is 1.93 bits per heavy atom. The number of furan rings is 1. The van der Waals surface area contributed by atoms with Gasteiger partial charge in [-0.15, -0.1) is 0 Å². The van der Waals surface area contributed by atoms with Crippen LogP contribution < -0.4 is 20.3 Å². The van der Waals surface area contributed by atoms with Gasteiger partial charge in [0.25, 0.3) is 5.91 Å². The molecule has 0 bridgehead atoms. The average Bonchev–Trinajstić information content (AvgIpc) is 3.13. The molecule has 1 aliphatic rings. The molecule has 0 radical (unpaired) electrons. The van der Waals surface area contributed by atoms with E-state index in [1.54, 1.807) is 24.5 Å². The minimum Gasteiger partial charge on any atom is -0.485 e. The summed E-state index contributed by atoms with van der Waals surface area (Å²) in [5, 5.41) is 0.888. The van der Waals surface area contributed by atoms with Gasteiger partial charge in [-0.1, -0.05) is 31.2 Å². The fourth-order valence-electron chi connectivity index (χ4n) is 3.06. The third-order valence-electron chi connectivity index (χ3n) is 4.61. The van der Waals surface area contributed by atoms with Crippen LogP contribution in [0.15, 0.2) is 53.1 Å². The molecule has 4 rings (SSSR count). The Morgan fingerprint density at radius 3 is 2.75 bits per heavy atom. The molecule has 0 spiro atoms. The number of carbonyl (C=O) groups excluding carboxylic acids is 2. The number of para-hydroxylation sites is 2. The highest BCUT2D eigenvalue weighted by Crippen LogP contribution is 2.30. The number of benzene rings is 2. The lowest BCUT2D eigenvalue weighted by molar-refractivity contribution is -0.134. The molecule has 0 aliphatic carbocycles. The zero-order valence-electron chi connectivity index (χ0n) is 15.4. The van der Waals surface area contributed by atoms with Crippen molar-refractivity contribution < 1.29 is 23.5 Å². The zero-order chi connectivity index (χ0) is 19.5. The van der Waals surface area contributed by atoms with Crippen molar-refractivity contribution in [3.63, 3.8) is 0 Å². The maximum Gasteiger partial charge on any atom is 0.283 e. The Morgan fingerprint density at radius 1 is 1.11 bits per heavy atom. The first-order chi connectivity index (χ1) is 13.6. The summed E-state index contributed by atoms with van der Waals surface area (Å²) in [6.45, 7) is 2.14. The van der Waals surface area contributed by atoms with Gasteiger partial charge < -0.3 is 13.9 Å². The summed E-state index contributed by atoms with van der Waals surface area (Å²) >= 11 is 0. The van der Waals surface area contributed by atoms with Gasteiger partial charge in [-0.25, -0.2) is 0 Å². The van der Waals surface area contributed by atoms with E-state index in [1.807, 2.05) is 24.3 Å². The Labute approximate surface area is 161 Å². The maximum atomic E-state index is 12.2. The summed E-state index contributed by atoms with van der Waals surface area (Å²) in [6, 6.07) is 13.0. The van der Waals surface area contributed by atoms with Crippen molar-refractivity contribution in [1.29, 1.82) is 0 Å². The topological polar surface area (TPSA) is 89.8 Å². The van der Waals surface area contributed by atoms with E-state index in [1.165, 1.54) is 5.56 Å². The Kier molecular flexibility index (Phi) is 4.89. The van der Waals surface area contributed by atoms with E-state index in [9.17, 15) is 9.59 Å².